The van der Waals surface area contributed by atoms with Crippen LogP contribution < -0.4 is 5.73 Å². The minimum atomic E-state index is -0.902. The van der Waals surface area contributed by atoms with Gasteiger partial charge >= 0.3 is 0 Å². The molecule has 1 unspecified atom stereocenters. The quantitative estimate of drug-likeness (QED) is 0.370. The molecule has 5 heteroatoms. The summed E-state index contributed by atoms with van der Waals surface area (Å²) in [6, 6.07) is 9.83. The lowest BCUT2D eigenvalue weighted by molar-refractivity contribution is -0.355. The van der Waals surface area contributed by atoms with Gasteiger partial charge < -0.3 is 19.9 Å². The second kappa shape index (κ2) is 12.8. The molecule has 148 valence electrons. The van der Waals surface area contributed by atoms with Crippen molar-refractivity contribution >= 4 is 5.91 Å². The van der Waals surface area contributed by atoms with Crippen molar-refractivity contribution in [1.29, 1.82) is 0 Å². The van der Waals surface area contributed by atoms with Crippen molar-refractivity contribution in [3.05, 3.63) is 35.9 Å². The zero-order valence-corrected chi connectivity index (χ0v) is 16.5. The predicted molar refractivity (Wildman–Crippen MR) is 104 cm³/mol. The highest BCUT2D eigenvalue weighted by molar-refractivity contribution is 5.81. The second-order valence-corrected chi connectivity index (χ2v) is 6.67. The van der Waals surface area contributed by atoms with E-state index >= 15 is 0 Å². The number of ether oxygens (including phenoxy) is 3. The maximum atomic E-state index is 11.7. The van der Waals surface area contributed by atoms with Gasteiger partial charge in [0.1, 0.15) is 0 Å². The first-order valence-electron chi connectivity index (χ1n) is 9.58. The molecule has 0 saturated heterocycles. The average Bonchev–Trinajstić information content (AvgIpc) is 2.67. The number of nitrogens with two attached hydrogens (primary N) is 1. The summed E-state index contributed by atoms with van der Waals surface area (Å²) in [6.07, 6.45) is 9.43. The van der Waals surface area contributed by atoms with Crippen LogP contribution >= 0.6 is 0 Å². The SMILES string of the molecule is COC(CCCCCCCCCC(C(N)=O)c1ccccc1)(OC)OC. The average molecular weight is 366 g/mol. The molecule has 1 atom stereocenters. The molecule has 1 aromatic carbocycles. The zero-order chi connectivity index (χ0) is 19.3. The molecule has 0 fully saturated rings. The third-order valence-corrected chi connectivity index (χ3v) is 4.95. The van der Waals surface area contributed by atoms with Crippen molar-refractivity contribution in [2.45, 2.75) is 69.7 Å². The van der Waals surface area contributed by atoms with Crippen molar-refractivity contribution in [1.82, 2.24) is 0 Å². The smallest absolute Gasteiger partial charge is 0.282 e. The summed E-state index contributed by atoms with van der Waals surface area (Å²) in [6.45, 7) is 0. The van der Waals surface area contributed by atoms with Crippen LogP contribution in [-0.4, -0.2) is 33.2 Å². The highest BCUT2D eigenvalue weighted by Gasteiger charge is 2.28. The van der Waals surface area contributed by atoms with Crippen LogP contribution in [0.1, 0.15) is 69.3 Å². The molecule has 0 saturated carbocycles. The van der Waals surface area contributed by atoms with Gasteiger partial charge in [-0.25, -0.2) is 0 Å². The standard InChI is InChI=1S/C21H35NO4/c1-24-21(25-2,26-3)17-13-8-6-4-5-7-12-16-19(20(22)23)18-14-10-9-11-15-18/h9-11,14-15,19H,4-8,12-13,16-17H2,1-3H3,(H2,22,23). The molecular formula is C21H35NO4. The number of carbonyl (C=O) groups is 1. The summed E-state index contributed by atoms with van der Waals surface area (Å²) in [5, 5.41) is 0. The van der Waals surface area contributed by atoms with E-state index in [0.717, 1.165) is 44.1 Å². The number of hydrogen-bond donors (Lipinski definition) is 1. The summed E-state index contributed by atoms with van der Waals surface area (Å²) in [5.41, 5.74) is 6.59. The van der Waals surface area contributed by atoms with E-state index in [-0.39, 0.29) is 11.8 Å². The number of unbranched alkanes of at least 4 members (excludes halogenated alkanes) is 6. The third-order valence-electron chi connectivity index (χ3n) is 4.95. The number of carbonyl (C=O) groups excluding carboxylic acids is 1. The van der Waals surface area contributed by atoms with Crippen molar-refractivity contribution in [3.8, 4) is 0 Å². The molecule has 0 heterocycles. The predicted octanol–water partition coefficient (Wildman–Crippen LogP) is 4.36. The first kappa shape index (κ1) is 22.6. The Morgan fingerprint density at radius 2 is 1.38 bits per heavy atom. The number of benzene rings is 1. The first-order valence-corrected chi connectivity index (χ1v) is 9.58. The minimum Gasteiger partial charge on any atom is -0.369 e. The molecule has 0 aliphatic rings. The molecule has 0 radical (unpaired) electrons. The van der Waals surface area contributed by atoms with E-state index in [1.54, 1.807) is 21.3 Å². The normalized spacial score (nSPS) is 12.9. The molecule has 1 amide bonds. The number of rotatable bonds is 15. The van der Waals surface area contributed by atoms with E-state index < -0.39 is 5.97 Å². The third kappa shape index (κ3) is 7.85. The highest BCUT2D eigenvalue weighted by Crippen LogP contribution is 2.23. The Morgan fingerprint density at radius 3 is 1.88 bits per heavy atom. The van der Waals surface area contributed by atoms with Gasteiger partial charge in [-0.2, -0.15) is 0 Å². The van der Waals surface area contributed by atoms with Crippen LogP contribution in [0.25, 0.3) is 0 Å². The van der Waals surface area contributed by atoms with Crippen LogP contribution in [0.15, 0.2) is 30.3 Å². The minimum absolute atomic E-state index is 0.165. The summed E-state index contributed by atoms with van der Waals surface area (Å²) < 4.78 is 15.9. The molecule has 1 rings (SSSR count). The summed E-state index contributed by atoms with van der Waals surface area (Å²) >= 11 is 0. The van der Waals surface area contributed by atoms with Gasteiger partial charge in [0, 0.05) is 27.8 Å². The molecule has 2 N–H and O–H groups in total. The maximum Gasteiger partial charge on any atom is 0.282 e. The fraction of sp³-hybridized carbons (Fsp3) is 0.667. The first-order chi connectivity index (χ1) is 12.6. The number of methoxy groups -OCH3 is 3. The van der Waals surface area contributed by atoms with Crippen LogP contribution in [0, 0.1) is 0 Å². The topological polar surface area (TPSA) is 70.8 Å². The zero-order valence-electron chi connectivity index (χ0n) is 16.5. The Hall–Kier alpha value is -1.43. The summed E-state index contributed by atoms with van der Waals surface area (Å²) in [5.74, 6) is -1.29. The molecule has 1 aromatic rings. The second-order valence-electron chi connectivity index (χ2n) is 6.67. The molecule has 5 nitrogen and oxygen atoms in total. The van der Waals surface area contributed by atoms with Crippen molar-refractivity contribution in [2.24, 2.45) is 5.73 Å². The van der Waals surface area contributed by atoms with Crippen LogP contribution in [0.4, 0.5) is 0 Å². The van der Waals surface area contributed by atoms with Gasteiger partial charge in [-0.05, 0) is 18.4 Å². The molecular weight excluding hydrogens is 330 g/mol. The van der Waals surface area contributed by atoms with E-state index in [1.165, 1.54) is 19.3 Å². The van der Waals surface area contributed by atoms with E-state index in [4.69, 9.17) is 19.9 Å². The fourth-order valence-corrected chi connectivity index (χ4v) is 3.29. The van der Waals surface area contributed by atoms with Crippen LogP contribution in [0.2, 0.25) is 0 Å². The van der Waals surface area contributed by atoms with Crippen LogP contribution in [0.3, 0.4) is 0 Å². The molecule has 0 spiro atoms. The van der Waals surface area contributed by atoms with E-state index in [2.05, 4.69) is 0 Å². The molecule has 0 bridgehead atoms. The van der Waals surface area contributed by atoms with Crippen LogP contribution in [-0.2, 0) is 19.0 Å². The van der Waals surface area contributed by atoms with Gasteiger partial charge in [0.15, 0.2) is 0 Å². The molecule has 0 aliphatic heterocycles. The lowest BCUT2D eigenvalue weighted by Crippen LogP contribution is -2.35. The van der Waals surface area contributed by atoms with E-state index in [0.29, 0.717) is 0 Å². The Balaban J connectivity index is 2.13. The summed E-state index contributed by atoms with van der Waals surface area (Å²) in [4.78, 5) is 11.7. The van der Waals surface area contributed by atoms with Gasteiger partial charge in [-0.1, -0.05) is 68.9 Å². The van der Waals surface area contributed by atoms with Gasteiger partial charge in [-0.3, -0.25) is 4.79 Å². The number of hydrogen-bond acceptors (Lipinski definition) is 4. The number of amides is 1. The van der Waals surface area contributed by atoms with Gasteiger partial charge in [-0.15, -0.1) is 0 Å². The largest absolute Gasteiger partial charge is 0.369 e. The molecule has 0 aliphatic carbocycles. The van der Waals surface area contributed by atoms with Gasteiger partial charge in [0.25, 0.3) is 5.97 Å². The molecule has 26 heavy (non-hydrogen) atoms. The lowest BCUT2D eigenvalue weighted by atomic mass is 9.92. The lowest BCUT2D eigenvalue weighted by Gasteiger charge is -2.28. The molecule has 0 aromatic heterocycles. The Bertz CT molecular complexity index is 480. The Labute approximate surface area is 158 Å². The van der Waals surface area contributed by atoms with E-state index in [1.807, 2.05) is 30.3 Å². The Kier molecular flexibility index (Phi) is 11.2. The van der Waals surface area contributed by atoms with Crippen molar-refractivity contribution < 1.29 is 19.0 Å². The van der Waals surface area contributed by atoms with Gasteiger partial charge in [0.05, 0.1) is 5.92 Å². The number of primary amides is 1. The van der Waals surface area contributed by atoms with Crippen molar-refractivity contribution in [3.63, 3.8) is 0 Å². The van der Waals surface area contributed by atoms with Crippen LogP contribution in [0.5, 0.6) is 0 Å². The van der Waals surface area contributed by atoms with E-state index in [9.17, 15) is 4.79 Å². The monoisotopic (exact) mass is 365 g/mol. The maximum absolute atomic E-state index is 11.7. The highest BCUT2D eigenvalue weighted by atomic mass is 16.9. The fourth-order valence-electron chi connectivity index (χ4n) is 3.29. The summed E-state index contributed by atoms with van der Waals surface area (Å²) in [7, 11) is 4.80. The van der Waals surface area contributed by atoms with Gasteiger partial charge in [0.2, 0.25) is 5.91 Å². The Morgan fingerprint density at radius 1 is 0.885 bits per heavy atom. The van der Waals surface area contributed by atoms with Crippen molar-refractivity contribution in [2.75, 3.05) is 21.3 Å².